The van der Waals surface area contributed by atoms with E-state index >= 15 is 0 Å². The lowest BCUT2D eigenvalue weighted by molar-refractivity contribution is -0.141. The number of ether oxygens (including phenoxy) is 1. The predicted molar refractivity (Wildman–Crippen MR) is 124 cm³/mol. The molecule has 0 saturated heterocycles. The van der Waals surface area contributed by atoms with Crippen molar-refractivity contribution in [3.8, 4) is 11.1 Å². The molecule has 5 nitrogen and oxygen atoms in total. The van der Waals surface area contributed by atoms with E-state index in [2.05, 4.69) is 17.4 Å². The molecule has 0 fully saturated rings. The van der Waals surface area contributed by atoms with E-state index in [9.17, 15) is 14.7 Å². The van der Waals surface area contributed by atoms with E-state index in [1.54, 1.807) is 18.2 Å². The van der Waals surface area contributed by atoms with Crippen molar-refractivity contribution in [2.45, 2.75) is 12.3 Å². The van der Waals surface area contributed by atoms with Gasteiger partial charge in [-0.2, -0.15) is 0 Å². The molecule has 0 heterocycles. The third-order valence-corrected chi connectivity index (χ3v) is 6.25. The molecular weight excluding hydrogens is 449 g/mol. The molecule has 0 bridgehead atoms. The molecule has 4 rings (SSSR count). The topological polar surface area (TPSA) is 75.6 Å². The highest BCUT2D eigenvalue weighted by molar-refractivity contribution is 6.35. The Morgan fingerprint density at radius 2 is 1.59 bits per heavy atom. The lowest BCUT2D eigenvalue weighted by Gasteiger charge is -2.17. The summed E-state index contributed by atoms with van der Waals surface area (Å²) in [6, 6.07) is 21.0. The minimum Gasteiger partial charge on any atom is -0.481 e. The first-order chi connectivity index (χ1) is 15.4. The summed E-state index contributed by atoms with van der Waals surface area (Å²) < 4.78 is 5.47. The van der Waals surface area contributed by atoms with E-state index in [0.29, 0.717) is 15.6 Å². The van der Waals surface area contributed by atoms with Crippen molar-refractivity contribution in [1.29, 1.82) is 0 Å². The number of carboxylic acid groups (broad SMARTS) is 1. The van der Waals surface area contributed by atoms with Gasteiger partial charge in [0.15, 0.2) is 0 Å². The summed E-state index contributed by atoms with van der Waals surface area (Å²) in [7, 11) is 0. The van der Waals surface area contributed by atoms with E-state index in [1.807, 2.05) is 36.4 Å². The number of alkyl carbamates (subject to hydrolysis) is 1. The number of carbonyl (C=O) groups is 2. The smallest absolute Gasteiger partial charge is 0.407 e. The molecule has 0 spiro atoms. The third-order valence-electron chi connectivity index (χ3n) is 5.67. The van der Waals surface area contributed by atoms with Crippen LogP contribution in [0.1, 0.15) is 22.6 Å². The van der Waals surface area contributed by atoms with Gasteiger partial charge >= 0.3 is 12.1 Å². The molecule has 1 aliphatic carbocycles. The van der Waals surface area contributed by atoms with E-state index in [0.717, 1.165) is 22.3 Å². The molecule has 32 heavy (non-hydrogen) atoms. The predicted octanol–water partition coefficient (Wildman–Crippen LogP) is 5.78. The minimum atomic E-state index is -1.03. The summed E-state index contributed by atoms with van der Waals surface area (Å²) in [5, 5.41) is 13.0. The summed E-state index contributed by atoms with van der Waals surface area (Å²) in [6.45, 7) is 0.0889. The quantitative estimate of drug-likeness (QED) is 0.460. The standard InChI is InChI=1S/C25H21Cl2NO4/c26-17-10-9-15(23(27)12-17)11-16(24(29)30)13-28-25(31)32-14-22-20-7-3-1-5-18(20)19-6-2-4-8-21(19)22/h1-10,12,16,22H,11,13-14H2,(H,28,31)(H,29,30)/t16-/m0/s1. The van der Waals surface area contributed by atoms with E-state index in [-0.39, 0.29) is 25.5 Å². The Bertz CT molecular complexity index is 1120. The average molecular weight is 470 g/mol. The van der Waals surface area contributed by atoms with Gasteiger partial charge in [0, 0.05) is 22.5 Å². The maximum atomic E-state index is 12.3. The number of carboxylic acids is 1. The zero-order chi connectivity index (χ0) is 22.7. The van der Waals surface area contributed by atoms with Crippen molar-refractivity contribution in [2.24, 2.45) is 5.92 Å². The Morgan fingerprint density at radius 3 is 2.19 bits per heavy atom. The molecule has 0 radical (unpaired) electrons. The van der Waals surface area contributed by atoms with Crippen molar-refractivity contribution in [3.05, 3.63) is 93.5 Å². The first kappa shape index (κ1) is 22.2. The Hall–Kier alpha value is -3.02. The number of nitrogens with one attached hydrogen (secondary N) is 1. The largest absolute Gasteiger partial charge is 0.481 e. The van der Waals surface area contributed by atoms with Crippen LogP contribution >= 0.6 is 23.2 Å². The molecule has 0 aliphatic heterocycles. The zero-order valence-corrected chi connectivity index (χ0v) is 18.6. The van der Waals surface area contributed by atoms with Crippen LogP contribution in [0.5, 0.6) is 0 Å². The number of aliphatic carboxylic acids is 1. The summed E-state index contributed by atoms with van der Waals surface area (Å²) in [5.41, 5.74) is 5.16. The maximum absolute atomic E-state index is 12.3. The van der Waals surface area contributed by atoms with Gasteiger partial charge in [-0.3, -0.25) is 4.79 Å². The summed E-state index contributed by atoms with van der Waals surface area (Å²) in [5.74, 6) is -1.94. The van der Waals surface area contributed by atoms with Crippen molar-refractivity contribution in [1.82, 2.24) is 5.32 Å². The highest BCUT2D eigenvalue weighted by Gasteiger charge is 2.29. The average Bonchev–Trinajstić information content (AvgIpc) is 3.10. The van der Waals surface area contributed by atoms with Crippen LogP contribution in [0.3, 0.4) is 0 Å². The number of benzene rings is 3. The van der Waals surface area contributed by atoms with Gasteiger partial charge in [-0.05, 0) is 46.4 Å². The normalized spacial score (nSPS) is 13.2. The Balaban J connectivity index is 1.37. The Labute approximate surface area is 195 Å². The molecule has 0 saturated carbocycles. The lowest BCUT2D eigenvalue weighted by Crippen LogP contribution is -2.35. The van der Waals surface area contributed by atoms with Gasteiger partial charge in [-0.25, -0.2) is 4.79 Å². The molecule has 0 aromatic heterocycles. The van der Waals surface area contributed by atoms with Crippen LogP contribution in [0.15, 0.2) is 66.7 Å². The highest BCUT2D eigenvalue weighted by Crippen LogP contribution is 2.44. The summed E-state index contributed by atoms with van der Waals surface area (Å²) in [6.07, 6.45) is -0.491. The number of hydrogen-bond acceptors (Lipinski definition) is 3. The van der Waals surface area contributed by atoms with E-state index < -0.39 is 18.0 Å². The number of carbonyl (C=O) groups excluding carboxylic acids is 1. The van der Waals surface area contributed by atoms with E-state index in [4.69, 9.17) is 27.9 Å². The fourth-order valence-corrected chi connectivity index (χ4v) is 4.54. The molecular formula is C25H21Cl2NO4. The van der Waals surface area contributed by atoms with Crippen molar-refractivity contribution < 1.29 is 19.4 Å². The van der Waals surface area contributed by atoms with Gasteiger partial charge in [0.1, 0.15) is 6.61 Å². The second-order valence-electron chi connectivity index (χ2n) is 7.68. The first-order valence-electron chi connectivity index (χ1n) is 10.2. The SMILES string of the molecule is O=C(NC[C@H](Cc1ccc(Cl)cc1Cl)C(=O)O)OCC1c2ccccc2-c2ccccc21. The first-order valence-corrected chi connectivity index (χ1v) is 10.9. The second-order valence-corrected chi connectivity index (χ2v) is 8.53. The minimum absolute atomic E-state index is 0.0590. The van der Waals surface area contributed by atoms with Crippen molar-refractivity contribution in [3.63, 3.8) is 0 Å². The van der Waals surface area contributed by atoms with Gasteiger partial charge in [-0.1, -0.05) is 77.8 Å². The summed E-state index contributed by atoms with van der Waals surface area (Å²) in [4.78, 5) is 24.0. The van der Waals surface area contributed by atoms with E-state index in [1.165, 1.54) is 0 Å². The molecule has 3 aromatic rings. The van der Waals surface area contributed by atoms with Crippen molar-refractivity contribution in [2.75, 3.05) is 13.2 Å². The van der Waals surface area contributed by atoms with Crippen LogP contribution in [0.25, 0.3) is 11.1 Å². The van der Waals surface area contributed by atoms with Gasteiger partial charge in [0.05, 0.1) is 5.92 Å². The van der Waals surface area contributed by atoms with Gasteiger partial charge in [0.2, 0.25) is 0 Å². The van der Waals surface area contributed by atoms with Crippen LogP contribution in [0.4, 0.5) is 4.79 Å². The number of rotatable bonds is 7. The van der Waals surface area contributed by atoms with Gasteiger partial charge in [-0.15, -0.1) is 0 Å². The zero-order valence-electron chi connectivity index (χ0n) is 17.1. The highest BCUT2D eigenvalue weighted by atomic mass is 35.5. The molecule has 164 valence electrons. The van der Waals surface area contributed by atoms with Crippen LogP contribution in [0, 0.1) is 5.92 Å². The molecule has 0 unspecified atom stereocenters. The van der Waals surface area contributed by atoms with Crippen molar-refractivity contribution >= 4 is 35.3 Å². The second kappa shape index (κ2) is 9.63. The number of halogens is 2. The molecule has 1 aliphatic rings. The maximum Gasteiger partial charge on any atom is 0.407 e. The van der Waals surface area contributed by atoms with Crippen LogP contribution < -0.4 is 5.32 Å². The fourth-order valence-electron chi connectivity index (χ4n) is 4.06. The number of amides is 1. The molecule has 1 amide bonds. The Kier molecular flexibility index (Phi) is 6.68. The molecule has 3 aromatic carbocycles. The van der Waals surface area contributed by atoms with Gasteiger partial charge < -0.3 is 15.2 Å². The van der Waals surface area contributed by atoms with Crippen LogP contribution in [-0.4, -0.2) is 30.3 Å². The summed E-state index contributed by atoms with van der Waals surface area (Å²) >= 11 is 12.1. The van der Waals surface area contributed by atoms with Crippen LogP contribution in [-0.2, 0) is 16.0 Å². The molecule has 7 heteroatoms. The van der Waals surface area contributed by atoms with Crippen LogP contribution in [0.2, 0.25) is 10.0 Å². The number of fused-ring (bicyclic) bond motifs is 3. The Morgan fingerprint density at radius 1 is 0.969 bits per heavy atom. The van der Waals surface area contributed by atoms with Gasteiger partial charge in [0.25, 0.3) is 0 Å². The lowest BCUT2D eigenvalue weighted by atomic mass is 9.98. The fraction of sp³-hybridized carbons (Fsp3) is 0.200. The monoisotopic (exact) mass is 469 g/mol. The molecule has 1 atom stereocenters. The molecule has 2 N–H and O–H groups in total. The third kappa shape index (κ3) is 4.74. The number of hydrogen-bond donors (Lipinski definition) is 2.